The largest absolute Gasteiger partial charge is 0.309 e. The van der Waals surface area contributed by atoms with E-state index < -0.39 is 0 Å². The number of rotatable bonds is 2. The maximum Gasteiger partial charge on any atom is 0.0897 e. The predicted octanol–water partition coefficient (Wildman–Crippen LogP) is 2.41. The molecule has 0 unspecified atom stereocenters. The van der Waals surface area contributed by atoms with Crippen LogP contribution in [-0.2, 0) is 6.54 Å². The number of aryl methyl sites for hydroxylation is 1. The lowest BCUT2D eigenvalue weighted by Crippen LogP contribution is -2.65. The molecule has 1 saturated heterocycles. The van der Waals surface area contributed by atoms with Gasteiger partial charge in [0, 0.05) is 36.1 Å². The van der Waals surface area contributed by atoms with Crippen molar-refractivity contribution in [2.75, 3.05) is 13.1 Å². The summed E-state index contributed by atoms with van der Waals surface area (Å²) in [5.41, 5.74) is 1.60. The maximum atomic E-state index is 4.57. The molecule has 2 heterocycles. The monoisotopic (exact) mass is 253 g/mol. The number of piperazine rings is 1. The van der Waals surface area contributed by atoms with Crippen LogP contribution in [0.3, 0.4) is 0 Å². The van der Waals surface area contributed by atoms with Crippen LogP contribution >= 0.6 is 11.3 Å². The van der Waals surface area contributed by atoms with E-state index in [1.807, 2.05) is 0 Å². The number of thiazole rings is 1. The summed E-state index contributed by atoms with van der Waals surface area (Å²) in [6.45, 7) is 14.3. The first-order valence-corrected chi connectivity index (χ1v) is 7.08. The van der Waals surface area contributed by atoms with Crippen LogP contribution in [0, 0.1) is 6.92 Å². The van der Waals surface area contributed by atoms with Crippen molar-refractivity contribution >= 4 is 11.3 Å². The van der Waals surface area contributed by atoms with E-state index in [4.69, 9.17) is 0 Å². The van der Waals surface area contributed by atoms with Crippen molar-refractivity contribution in [2.24, 2.45) is 0 Å². The Hall–Kier alpha value is -0.450. The van der Waals surface area contributed by atoms with Crippen LogP contribution in [0.25, 0.3) is 0 Å². The molecule has 0 aliphatic carbocycles. The summed E-state index contributed by atoms with van der Waals surface area (Å²) in [7, 11) is 0. The molecule has 1 aliphatic rings. The Morgan fingerprint density at radius 1 is 1.41 bits per heavy atom. The van der Waals surface area contributed by atoms with Crippen molar-refractivity contribution in [1.29, 1.82) is 0 Å². The van der Waals surface area contributed by atoms with E-state index in [0.29, 0.717) is 0 Å². The Morgan fingerprint density at radius 2 is 2.12 bits per heavy atom. The molecular weight excluding hydrogens is 230 g/mol. The van der Waals surface area contributed by atoms with E-state index in [2.05, 4.69) is 55.2 Å². The van der Waals surface area contributed by atoms with Gasteiger partial charge in [-0.2, -0.15) is 0 Å². The van der Waals surface area contributed by atoms with Crippen LogP contribution in [0.1, 0.15) is 38.4 Å². The van der Waals surface area contributed by atoms with Crippen LogP contribution in [0.4, 0.5) is 0 Å². The number of aromatic nitrogens is 1. The first-order chi connectivity index (χ1) is 7.78. The van der Waals surface area contributed by atoms with Crippen molar-refractivity contribution in [3.8, 4) is 0 Å². The van der Waals surface area contributed by atoms with E-state index in [1.54, 1.807) is 11.3 Å². The summed E-state index contributed by atoms with van der Waals surface area (Å²) in [4.78, 5) is 7.11. The summed E-state index contributed by atoms with van der Waals surface area (Å²) in [5.74, 6) is 0. The van der Waals surface area contributed by atoms with Gasteiger partial charge in [0.15, 0.2) is 0 Å². The Bertz CT molecular complexity index is 395. The molecule has 1 fully saturated rings. The van der Waals surface area contributed by atoms with Crippen molar-refractivity contribution in [3.63, 3.8) is 0 Å². The van der Waals surface area contributed by atoms with Crippen molar-refractivity contribution in [2.45, 2.75) is 52.2 Å². The highest BCUT2D eigenvalue weighted by molar-refractivity contribution is 7.09. The minimum absolute atomic E-state index is 0.195. The normalized spacial score (nSPS) is 23.8. The molecular formula is C13H23N3S. The number of hydrogen-bond donors (Lipinski definition) is 1. The second kappa shape index (κ2) is 4.34. The summed E-state index contributed by atoms with van der Waals surface area (Å²) in [6, 6.07) is 0. The van der Waals surface area contributed by atoms with Gasteiger partial charge in [0.1, 0.15) is 0 Å². The minimum Gasteiger partial charge on any atom is -0.309 e. The van der Waals surface area contributed by atoms with Gasteiger partial charge in [-0.25, -0.2) is 4.98 Å². The smallest absolute Gasteiger partial charge is 0.0897 e. The van der Waals surface area contributed by atoms with E-state index in [-0.39, 0.29) is 11.1 Å². The molecule has 0 amide bonds. The van der Waals surface area contributed by atoms with Crippen molar-refractivity contribution in [1.82, 2.24) is 15.2 Å². The lowest BCUT2D eigenvalue weighted by Gasteiger charge is -2.49. The van der Waals surface area contributed by atoms with Crippen LogP contribution in [0.5, 0.6) is 0 Å². The zero-order valence-electron chi connectivity index (χ0n) is 11.5. The lowest BCUT2D eigenvalue weighted by molar-refractivity contribution is 0.0315. The minimum atomic E-state index is 0.195. The molecule has 1 aromatic rings. The van der Waals surface area contributed by atoms with Gasteiger partial charge in [-0.05, 0) is 34.6 Å². The molecule has 1 N–H and O–H groups in total. The summed E-state index contributed by atoms with van der Waals surface area (Å²) < 4.78 is 0. The maximum absolute atomic E-state index is 4.57. The Labute approximate surface area is 108 Å². The highest BCUT2D eigenvalue weighted by Crippen LogP contribution is 2.25. The summed E-state index contributed by atoms with van der Waals surface area (Å²) in [6.07, 6.45) is 0. The average molecular weight is 253 g/mol. The third-order valence-corrected chi connectivity index (χ3v) is 4.28. The van der Waals surface area contributed by atoms with Crippen LogP contribution in [0.15, 0.2) is 5.38 Å². The summed E-state index contributed by atoms with van der Waals surface area (Å²) >= 11 is 1.74. The van der Waals surface area contributed by atoms with Gasteiger partial charge in [-0.15, -0.1) is 11.3 Å². The third kappa shape index (κ3) is 3.06. The molecule has 0 atom stereocenters. The van der Waals surface area contributed by atoms with Crippen LogP contribution in [0.2, 0.25) is 0 Å². The molecule has 0 saturated carbocycles. The second-order valence-corrected chi connectivity index (χ2v) is 7.33. The van der Waals surface area contributed by atoms with Crippen molar-refractivity contribution < 1.29 is 0 Å². The lowest BCUT2D eigenvalue weighted by atomic mass is 9.91. The fourth-order valence-corrected chi connectivity index (χ4v) is 2.86. The first-order valence-electron chi connectivity index (χ1n) is 6.20. The average Bonchev–Trinajstić information content (AvgIpc) is 2.59. The van der Waals surface area contributed by atoms with Gasteiger partial charge in [0.2, 0.25) is 0 Å². The number of hydrogen-bond acceptors (Lipinski definition) is 4. The molecule has 3 nitrogen and oxygen atoms in total. The topological polar surface area (TPSA) is 28.2 Å². The molecule has 4 heteroatoms. The Kier molecular flexibility index (Phi) is 3.31. The van der Waals surface area contributed by atoms with E-state index in [0.717, 1.165) is 24.6 Å². The standard InChI is InChI=1S/C13H23N3S/c1-10-15-11(7-17-10)6-16-9-12(2,3)14-8-13(16,4)5/h7,14H,6,8-9H2,1-5H3. The van der Waals surface area contributed by atoms with Gasteiger partial charge in [0.25, 0.3) is 0 Å². The van der Waals surface area contributed by atoms with Gasteiger partial charge < -0.3 is 5.32 Å². The second-order valence-electron chi connectivity index (χ2n) is 6.26. The molecule has 0 radical (unpaired) electrons. The quantitative estimate of drug-likeness (QED) is 0.877. The molecule has 1 aliphatic heterocycles. The fraction of sp³-hybridized carbons (Fsp3) is 0.769. The van der Waals surface area contributed by atoms with E-state index in [1.165, 1.54) is 5.69 Å². The van der Waals surface area contributed by atoms with E-state index in [9.17, 15) is 0 Å². The van der Waals surface area contributed by atoms with E-state index >= 15 is 0 Å². The molecule has 2 rings (SSSR count). The Morgan fingerprint density at radius 3 is 2.71 bits per heavy atom. The fourth-order valence-electron chi connectivity index (χ4n) is 2.26. The van der Waals surface area contributed by atoms with Gasteiger partial charge in [-0.1, -0.05) is 0 Å². The van der Waals surface area contributed by atoms with Gasteiger partial charge in [-0.3, -0.25) is 4.90 Å². The predicted molar refractivity (Wildman–Crippen MR) is 73.4 cm³/mol. The van der Waals surface area contributed by atoms with Gasteiger partial charge >= 0.3 is 0 Å². The number of nitrogens with one attached hydrogen (secondary N) is 1. The molecule has 17 heavy (non-hydrogen) atoms. The third-order valence-electron chi connectivity index (χ3n) is 3.46. The molecule has 1 aromatic heterocycles. The molecule has 96 valence electrons. The Balaban J connectivity index is 2.11. The van der Waals surface area contributed by atoms with Crippen LogP contribution < -0.4 is 5.32 Å². The highest BCUT2D eigenvalue weighted by atomic mass is 32.1. The van der Waals surface area contributed by atoms with Gasteiger partial charge in [0.05, 0.1) is 10.7 Å². The number of nitrogens with zero attached hydrogens (tertiary/aromatic N) is 2. The molecule has 0 aromatic carbocycles. The van der Waals surface area contributed by atoms with Crippen LogP contribution in [-0.4, -0.2) is 34.1 Å². The summed E-state index contributed by atoms with van der Waals surface area (Å²) in [5, 5.41) is 6.95. The highest BCUT2D eigenvalue weighted by Gasteiger charge is 2.37. The molecule has 0 bridgehead atoms. The zero-order chi connectivity index (χ0) is 12.7. The first kappa shape index (κ1) is 13.0. The van der Waals surface area contributed by atoms with Crippen molar-refractivity contribution in [3.05, 3.63) is 16.1 Å². The zero-order valence-corrected chi connectivity index (χ0v) is 12.3. The molecule has 0 spiro atoms. The SMILES string of the molecule is Cc1nc(CN2CC(C)(C)NCC2(C)C)cs1.